The van der Waals surface area contributed by atoms with Crippen LogP contribution in [0.25, 0.3) is 0 Å². The highest BCUT2D eigenvalue weighted by molar-refractivity contribution is 7.17. The molecule has 106 valence electrons. The van der Waals surface area contributed by atoms with E-state index in [9.17, 15) is 4.79 Å². The number of aromatic nitrogens is 1. The largest absolute Gasteiger partial charge is 0.348 e. The van der Waals surface area contributed by atoms with Gasteiger partial charge in [0.2, 0.25) is 0 Å². The SMILES string of the molecule is CCC1CCN(c2nc(C(C)CC)c(C=O)s2)CC1. The fourth-order valence-electron chi connectivity index (χ4n) is 2.63. The van der Waals surface area contributed by atoms with Gasteiger partial charge in [-0.15, -0.1) is 0 Å². The third-order valence-corrected chi connectivity index (χ3v) is 5.38. The average Bonchev–Trinajstić information content (AvgIpc) is 2.90. The smallest absolute Gasteiger partial charge is 0.186 e. The number of anilines is 1. The summed E-state index contributed by atoms with van der Waals surface area (Å²) in [4.78, 5) is 19.1. The Bertz CT molecular complexity index is 422. The molecule has 4 heteroatoms. The highest BCUT2D eigenvalue weighted by atomic mass is 32.1. The molecule has 0 N–H and O–H groups in total. The lowest BCUT2D eigenvalue weighted by Gasteiger charge is -2.31. The van der Waals surface area contributed by atoms with Crippen LogP contribution in [0.2, 0.25) is 0 Å². The predicted molar refractivity (Wildman–Crippen MR) is 81.4 cm³/mol. The van der Waals surface area contributed by atoms with Crippen molar-refractivity contribution in [3.8, 4) is 0 Å². The van der Waals surface area contributed by atoms with Gasteiger partial charge in [-0.25, -0.2) is 4.98 Å². The summed E-state index contributed by atoms with van der Waals surface area (Å²) in [5, 5.41) is 1.05. The molecule has 1 saturated heterocycles. The lowest BCUT2D eigenvalue weighted by molar-refractivity contribution is 0.112. The molecule has 2 heterocycles. The van der Waals surface area contributed by atoms with E-state index < -0.39 is 0 Å². The molecule has 0 aliphatic carbocycles. The summed E-state index contributed by atoms with van der Waals surface area (Å²) in [6, 6.07) is 0. The molecule has 1 unspecified atom stereocenters. The second kappa shape index (κ2) is 6.51. The first-order chi connectivity index (χ1) is 9.19. The van der Waals surface area contributed by atoms with Gasteiger partial charge in [0.15, 0.2) is 11.4 Å². The summed E-state index contributed by atoms with van der Waals surface area (Å²) in [5.41, 5.74) is 0.995. The molecule has 1 aromatic rings. The van der Waals surface area contributed by atoms with Crippen molar-refractivity contribution in [1.82, 2.24) is 4.98 Å². The Labute approximate surface area is 120 Å². The van der Waals surface area contributed by atoms with Gasteiger partial charge in [0.05, 0.1) is 10.6 Å². The average molecular weight is 280 g/mol. The van der Waals surface area contributed by atoms with Crippen molar-refractivity contribution in [2.75, 3.05) is 18.0 Å². The fraction of sp³-hybridized carbons (Fsp3) is 0.733. The Morgan fingerprint density at radius 3 is 2.63 bits per heavy atom. The van der Waals surface area contributed by atoms with Crippen LogP contribution in [0.3, 0.4) is 0 Å². The van der Waals surface area contributed by atoms with Crippen LogP contribution in [0, 0.1) is 5.92 Å². The Balaban J connectivity index is 2.13. The lowest BCUT2D eigenvalue weighted by atomic mass is 9.95. The fourth-order valence-corrected chi connectivity index (χ4v) is 3.68. The second-order valence-electron chi connectivity index (χ2n) is 5.51. The van der Waals surface area contributed by atoms with E-state index in [-0.39, 0.29) is 0 Å². The topological polar surface area (TPSA) is 33.2 Å². The van der Waals surface area contributed by atoms with E-state index in [1.165, 1.54) is 19.3 Å². The van der Waals surface area contributed by atoms with Crippen LogP contribution in [-0.4, -0.2) is 24.4 Å². The number of hydrogen-bond donors (Lipinski definition) is 0. The van der Waals surface area contributed by atoms with Gasteiger partial charge in [-0.3, -0.25) is 4.79 Å². The summed E-state index contributed by atoms with van der Waals surface area (Å²) in [5.74, 6) is 1.24. The first-order valence-electron chi connectivity index (χ1n) is 7.40. The molecule has 1 aromatic heterocycles. The van der Waals surface area contributed by atoms with Crippen molar-refractivity contribution in [3.05, 3.63) is 10.6 Å². The zero-order valence-electron chi connectivity index (χ0n) is 12.2. The number of hydrogen-bond acceptors (Lipinski definition) is 4. The number of nitrogens with zero attached hydrogens (tertiary/aromatic N) is 2. The standard InChI is InChI=1S/C15H24N2OS/c1-4-11(3)14-13(10-18)19-15(16-14)17-8-6-12(5-2)7-9-17/h10-12H,4-9H2,1-3H3. The van der Waals surface area contributed by atoms with E-state index in [0.29, 0.717) is 5.92 Å². The minimum atomic E-state index is 0.374. The molecule has 19 heavy (non-hydrogen) atoms. The van der Waals surface area contributed by atoms with Crippen molar-refractivity contribution in [2.24, 2.45) is 5.92 Å². The molecule has 0 saturated carbocycles. The van der Waals surface area contributed by atoms with E-state index in [2.05, 4.69) is 25.7 Å². The number of thiazole rings is 1. The van der Waals surface area contributed by atoms with E-state index >= 15 is 0 Å². The van der Waals surface area contributed by atoms with E-state index in [4.69, 9.17) is 4.98 Å². The maximum atomic E-state index is 11.2. The molecule has 1 aliphatic rings. The lowest BCUT2D eigenvalue weighted by Crippen LogP contribution is -2.33. The molecular weight excluding hydrogens is 256 g/mol. The number of piperidine rings is 1. The van der Waals surface area contributed by atoms with Gasteiger partial charge in [0, 0.05) is 13.1 Å². The van der Waals surface area contributed by atoms with Crippen molar-refractivity contribution < 1.29 is 4.79 Å². The predicted octanol–water partition coefficient (Wildman–Crippen LogP) is 4.10. The van der Waals surface area contributed by atoms with Crippen LogP contribution >= 0.6 is 11.3 Å². The van der Waals surface area contributed by atoms with Crippen molar-refractivity contribution in [1.29, 1.82) is 0 Å². The number of rotatable bonds is 5. The zero-order valence-corrected chi connectivity index (χ0v) is 13.0. The number of carbonyl (C=O) groups is 1. The van der Waals surface area contributed by atoms with Gasteiger partial charge in [0.25, 0.3) is 0 Å². The first kappa shape index (κ1) is 14.5. The van der Waals surface area contributed by atoms with Crippen LogP contribution in [-0.2, 0) is 0 Å². The third kappa shape index (κ3) is 3.16. The number of carbonyl (C=O) groups excluding carboxylic acids is 1. The van der Waals surface area contributed by atoms with Gasteiger partial charge >= 0.3 is 0 Å². The van der Waals surface area contributed by atoms with Crippen LogP contribution in [0.15, 0.2) is 0 Å². The maximum absolute atomic E-state index is 11.2. The Morgan fingerprint density at radius 2 is 2.11 bits per heavy atom. The van der Waals surface area contributed by atoms with Crippen LogP contribution < -0.4 is 4.90 Å². The molecule has 1 fully saturated rings. The van der Waals surface area contributed by atoms with Gasteiger partial charge in [-0.05, 0) is 31.1 Å². The van der Waals surface area contributed by atoms with Gasteiger partial charge in [-0.1, -0.05) is 38.5 Å². The second-order valence-corrected chi connectivity index (χ2v) is 6.52. The molecule has 0 amide bonds. The molecule has 1 aliphatic heterocycles. The van der Waals surface area contributed by atoms with Crippen molar-refractivity contribution in [3.63, 3.8) is 0 Å². The quantitative estimate of drug-likeness (QED) is 0.761. The Morgan fingerprint density at radius 1 is 1.42 bits per heavy atom. The molecule has 0 radical (unpaired) electrons. The minimum Gasteiger partial charge on any atom is -0.348 e. The normalized spacial score (nSPS) is 18.6. The molecule has 0 bridgehead atoms. The van der Waals surface area contributed by atoms with E-state index in [1.807, 2.05) is 0 Å². The third-order valence-electron chi connectivity index (χ3n) is 4.32. The van der Waals surface area contributed by atoms with Crippen LogP contribution in [0.1, 0.15) is 67.7 Å². The highest BCUT2D eigenvalue weighted by Gasteiger charge is 2.23. The van der Waals surface area contributed by atoms with Gasteiger partial charge < -0.3 is 4.90 Å². The maximum Gasteiger partial charge on any atom is 0.186 e. The van der Waals surface area contributed by atoms with Gasteiger partial charge in [-0.2, -0.15) is 0 Å². The molecular formula is C15H24N2OS. The molecule has 0 spiro atoms. The number of aldehydes is 1. The summed E-state index contributed by atoms with van der Waals surface area (Å²) in [7, 11) is 0. The Kier molecular flexibility index (Phi) is 4.97. The van der Waals surface area contributed by atoms with Crippen molar-refractivity contribution in [2.45, 2.75) is 52.4 Å². The minimum absolute atomic E-state index is 0.374. The van der Waals surface area contributed by atoms with Crippen molar-refractivity contribution >= 4 is 22.8 Å². The molecule has 2 rings (SSSR count). The summed E-state index contributed by atoms with van der Waals surface area (Å²) < 4.78 is 0. The summed E-state index contributed by atoms with van der Waals surface area (Å²) in [6.07, 6.45) is 5.79. The summed E-state index contributed by atoms with van der Waals surface area (Å²) in [6.45, 7) is 8.74. The summed E-state index contributed by atoms with van der Waals surface area (Å²) >= 11 is 1.57. The monoisotopic (exact) mass is 280 g/mol. The van der Waals surface area contributed by atoms with E-state index in [0.717, 1.165) is 47.4 Å². The molecule has 3 nitrogen and oxygen atoms in total. The Hall–Kier alpha value is -0.900. The van der Waals surface area contributed by atoms with E-state index in [1.54, 1.807) is 11.3 Å². The highest BCUT2D eigenvalue weighted by Crippen LogP contribution is 2.33. The molecule has 1 atom stereocenters. The van der Waals surface area contributed by atoms with Gasteiger partial charge in [0.1, 0.15) is 0 Å². The zero-order chi connectivity index (χ0) is 13.8. The van der Waals surface area contributed by atoms with Crippen LogP contribution in [0.4, 0.5) is 5.13 Å². The first-order valence-corrected chi connectivity index (χ1v) is 8.22. The van der Waals surface area contributed by atoms with Crippen LogP contribution in [0.5, 0.6) is 0 Å². The molecule has 0 aromatic carbocycles.